The highest BCUT2D eigenvalue weighted by molar-refractivity contribution is 7.25. The summed E-state index contributed by atoms with van der Waals surface area (Å²) in [6.07, 6.45) is 0. The number of benzene rings is 9. The number of fused-ring (bicyclic) bond motifs is 7. The quantitative estimate of drug-likeness (QED) is 0.170. The van der Waals surface area contributed by atoms with Crippen LogP contribution in [0.15, 0.2) is 205 Å². The van der Waals surface area contributed by atoms with E-state index in [-0.39, 0.29) is 0 Å². The second-order valence-corrected chi connectivity index (χ2v) is 15.2. The van der Waals surface area contributed by atoms with E-state index in [4.69, 9.17) is 4.42 Å². The Morgan fingerprint density at radius 3 is 1.93 bits per heavy atom. The molecule has 2 heterocycles. The van der Waals surface area contributed by atoms with Crippen LogP contribution in [0.1, 0.15) is 0 Å². The summed E-state index contributed by atoms with van der Waals surface area (Å²) in [6.45, 7) is 0. The lowest BCUT2D eigenvalue weighted by Crippen LogP contribution is -2.11. The van der Waals surface area contributed by atoms with Crippen LogP contribution in [0.3, 0.4) is 0 Å². The van der Waals surface area contributed by atoms with Crippen molar-refractivity contribution < 1.29 is 4.42 Å². The van der Waals surface area contributed by atoms with Crippen LogP contribution in [0.5, 0.6) is 0 Å². The highest BCUT2D eigenvalue weighted by Crippen LogP contribution is 2.44. The molecule has 0 unspecified atom stereocenters. The Hall–Kier alpha value is -6.94. The van der Waals surface area contributed by atoms with E-state index in [9.17, 15) is 0 Å². The average molecular weight is 720 g/mol. The molecule has 55 heavy (non-hydrogen) atoms. The van der Waals surface area contributed by atoms with Gasteiger partial charge in [0.15, 0.2) is 0 Å². The van der Waals surface area contributed by atoms with Crippen molar-refractivity contribution in [2.45, 2.75) is 0 Å². The van der Waals surface area contributed by atoms with Gasteiger partial charge in [-0.2, -0.15) is 0 Å². The van der Waals surface area contributed by atoms with Crippen molar-refractivity contribution in [3.05, 3.63) is 200 Å². The van der Waals surface area contributed by atoms with Crippen molar-refractivity contribution in [2.24, 2.45) is 0 Å². The lowest BCUT2D eigenvalue weighted by molar-refractivity contribution is 0.669. The summed E-state index contributed by atoms with van der Waals surface area (Å²) in [5, 5.41) is 7.37. The molecule has 0 aliphatic heterocycles. The maximum atomic E-state index is 6.37. The van der Waals surface area contributed by atoms with Gasteiger partial charge in [-0.15, -0.1) is 11.3 Å². The monoisotopic (exact) mass is 719 g/mol. The standard InChI is InChI=1S/C52H33NOS/c1-2-15-41-34(11-1)12-10-19-42(41)35-23-27-39(28-24-35)53(40-14-9-13-36(31-40)37-26-30-52-47(32-37)46-18-5-8-22-51(46)55-52)48-20-6-3-16-43(48)38-25-29-45-44-17-4-7-21-49(44)54-50(45)33-38/h1-33H. The van der Waals surface area contributed by atoms with Crippen LogP contribution in [0.25, 0.3) is 86.3 Å². The van der Waals surface area contributed by atoms with Crippen LogP contribution in [0.2, 0.25) is 0 Å². The summed E-state index contributed by atoms with van der Waals surface area (Å²) in [5.41, 5.74) is 12.1. The van der Waals surface area contributed by atoms with E-state index < -0.39 is 0 Å². The lowest BCUT2D eigenvalue weighted by atomic mass is 9.97. The van der Waals surface area contributed by atoms with E-state index in [1.54, 1.807) is 0 Å². The maximum Gasteiger partial charge on any atom is 0.136 e. The van der Waals surface area contributed by atoms with E-state index in [2.05, 4.69) is 193 Å². The molecule has 11 aromatic rings. The van der Waals surface area contributed by atoms with E-state index >= 15 is 0 Å². The molecule has 9 aromatic carbocycles. The topological polar surface area (TPSA) is 16.4 Å². The second-order valence-electron chi connectivity index (χ2n) is 14.1. The first-order valence-corrected chi connectivity index (χ1v) is 19.5. The van der Waals surface area contributed by atoms with Crippen molar-refractivity contribution in [2.75, 3.05) is 4.90 Å². The number of hydrogen-bond acceptors (Lipinski definition) is 3. The number of para-hydroxylation sites is 2. The van der Waals surface area contributed by atoms with Gasteiger partial charge in [0.05, 0.1) is 5.69 Å². The minimum Gasteiger partial charge on any atom is -0.456 e. The van der Waals surface area contributed by atoms with Gasteiger partial charge in [0.1, 0.15) is 11.2 Å². The van der Waals surface area contributed by atoms with E-state index in [0.717, 1.165) is 50.1 Å². The third-order valence-electron chi connectivity index (χ3n) is 10.9. The minimum absolute atomic E-state index is 0.887. The molecule has 0 atom stereocenters. The predicted octanol–water partition coefficient (Wildman–Crippen LogP) is 15.6. The van der Waals surface area contributed by atoms with Crippen molar-refractivity contribution in [3.8, 4) is 33.4 Å². The molecule has 0 saturated heterocycles. The number of furan rings is 1. The van der Waals surface area contributed by atoms with Crippen LogP contribution < -0.4 is 4.90 Å². The zero-order valence-electron chi connectivity index (χ0n) is 29.8. The average Bonchev–Trinajstić information content (AvgIpc) is 3.82. The molecule has 0 saturated carbocycles. The molecule has 0 radical (unpaired) electrons. The minimum atomic E-state index is 0.887. The first-order chi connectivity index (χ1) is 27.2. The van der Waals surface area contributed by atoms with E-state index in [0.29, 0.717) is 0 Å². The Morgan fingerprint density at radius 2 is 1.00 bits per heavy atom. The van der Waals surface area contributed by atoms with Gasteiger partial charge in [-0.1, -0.05) is 133 Å². The molecular formula is C52H33NOS. The Bertz CT molecular complexity index is 3220. The number of anilines is 3. The number of hydrogen-bond donors (Lipinski definition) is 0. The highest BCUT2D eigenvalue weighted by Gasteiger charge is 2.19. The number of nitrogens with zero attached hydrogens (tertiary/aromatic N) is 1. The number of rotatable bonds is 6. The molecule has 11 rings (SSSR count). The third-order valence-corrected chi connectivity index (χ3v) is 12.0. The molecule has 0 fully saturated rings. The molecule has 2 aromatic heterocycles. The van der Waals surface area contributed by atoms with Crippen LogP contribution in [-0.4, -0.2) is 0 Å². The molecule has 0 amide bonds. The predicted molar refractivity (Wildman–Crippen MR) is 235 cm³/mol. The van der Waals surface area contributed by atoms with Gasteiger partial charge >= 0.3 is 0 Å². The van der Waals surface area contributed by atoms with Crippen molar-refractivity contribution in [1.29, 1.82) is 0 Å². The van der Waals surface area contributed by atoms with Gasteiger partial charge in [0.2, 0.25) is 0 Å². The summed E-state index contributed by atoms with van der Waals surface area (Å²) in [5.74, 6) is 0. The van der Waals surface area contributed by atoms with Gasteiger partial charge in [-0.05, 0) is 105 Å². The zero-order valence-corrected chi connectivity index (χ0v) is 30.6. The summed E-state index contributed by atoms with van der Waals surface area (Å²) < 4.78 is 9.00. The van der Waals surface area contributed by atoms with Crippen LogP contribution in [0.4, 0.5) is 17.1 Å². The van der Waals surface area contributed by atoms with Crippen LogP contribution in [-0.2, 0) is 0 Å². The van der Waals surface area contributed by atoms with Gasteiger partial charge in [-0.3, -0.25) is 0 Å². The molecule has 0 aliphatic carbocycles. The normalized spacial score (nSPS) is 11.6. The van der Waals surface area contributed by atoms with Crippen molar-refractivity contribution in [3.63, 3.8) is 0 Å². The van der Waals surface area contributed by atoms with E-state index in [1.807, 2.05) is 23.5 Å². The molecule has 3 heteroatoms. The lowest BCUT2D eigenvalue weighted by Gasteiger charge is -2.28. The molecule has 0 N–H and O–H groups in total. The maximum absolute atomic E-state index is 6.37. The molecular weight excluding hydrogens is 687 g/mol. The highest BCUT2D eigenvalue weighted by atomic mass is 32.1. The molecule has 0 bridgehead atoms. The summed E-state index contributed by atoms with van der Waals surface area (Å²) in [4.78, 5) is 2.40. The van der Waals surface area contributed by atoms with Crippen LogP contribution >= 0.6 is 11.3 Å². The van der Waals surface area contributed by atoms with Gasteiger partial charge in [0.25, 0.3) is 0 Å². The van der Waals surface area contributed by atoms with Gasteiger partial charge in [-0.25, -0.2) is 0 Å². The second kappa shape index (κ2) is 12.9. The smallest absolute Gasteiger partial charge is 0.136 e. The third kappa shape index (κ3) is 5.40. The molecule has 2 nitrogen and oxygen atoms in total. The summed E-state index contributed by atoms with van der Waals surface area (Å²) >= 11 is 1.85. The Kier molecular flexibility index (Phi) is 7.39. The fraction of sp³-hybridized carbons (Fsp3) is 0. The Morgan fingerprint density at radius 1 is 0.345 bits per heavy atom. The SMILES string of the molecule is c1cc(-c2ccc3sc4ccccc4c3c2)cc(N(c2ccc(-c3cccc4ccccc34)cc2)c2ccccc2-c2ccc3c(c2)oc2ccccc23)c1. The van der Waals surface area contributed by atoms with Crippen LogP contribution in [0, 0.1) is 0 Å². The molecule has 0 aliphatic rings. The fourth-order valence-electron chi connectivity index (χ4n) is 8.23. The molecule has 258 valence electrons. The molecule has 0 spiro atoms. The summed E-state index contributed by atoms with van der Waals surface area (Å²) in [6, 6.07) is 72.3. The Labute approximate surface area is 322 Å². The van der Waals surface area contributed by atoms with Crippen molar-refractivity contribution >= 4 is 81.3 Å². The van der Waals surface area contributed by atoms with Gasteiger partial charge < -0.3 is 9.32 Å². The van der Waals surface area contributed by atoms with Crippen molar-refractivity contribution in [1.82, 2.24) is 0 Å². The number of thiophene rings is 1. The van der Waals surface area contributed by atoms with E-state index in [1.165, 1.54) is 53.2 Å². The fourth-order valence-corrected chi connectivity index (χ4v) is 9.32. The first kappa shape index (κ1) is 31.6. The first-order valence-electron chi connectivity index (χ1n) is 18.7. The largest absolute Gasteiger partial charge is 0.456 e. The van der Waals surface area contributed by atoms with Gasteiger partial charge in [0, 0.05) is 47.9 Å². The zero-order chi connectivity index (χ0) is 36.3. The Balaban J connectivity index is 1.07. The summed E-state index contributed by atoms with van der Waals surface area (Å²) in [7, 11) is 0.